The van der Waals surface area contributed by atoms with Crippen LogP contribution < -0.4 is 11.3 Å². The predicted octanol–water partition coefficient (Wildman–Crippen LogP) is 1.61. The molecule has 0 bridgehead atoms. The van der Waals surface area contributed by atoms with Crippen molar-refractivity contribution in [3.8, 4) is 0 Å². The maximum atomic E-state index is 5.97. The molecule has 118 valence electrons. The Morgan fingerprint density at radius 2 is 1.32 bits per heavy atom. The Labute approximate surface area is 132 Å². The highest BCUT2D eigenvalue weighted by Gasteiger charge is 2.53. The lowest BCUT2D eigenvalue weighted by molar-refractivity contribution is 0.00578. The van der Waals surface area contributed by atoms with Gasteiger partial charge in [0.15, 0.2) is 0 Å². The Balaban J connectivity index is 1.77. The SMILES string of the molecule is C=C1OB(c2ccc(B3OC(C)(C)C(C)(C)O3)o2)OC1(C)C. The molecule has 0 amide bonds. The van der Waals surface area contributed by atoms with Crippen LogP contribution in [-0.4, -0.2) is 31.0 Å². The molecule has 7 heteroatoms. The highest BCUT2D eigenvalue weighted by atomic mass is 16.7. The van der Waals surface area contributed by atoms with Crippen LogP contribution in [0.1, 0.15) is 41.5 Å². The summed E-state index contributed by atoms with van der Waals surface area (Å²) < 4.78 is 29.2. The molecule has 5 nitrogen and oxygen atoms in total. The number of hydrogen-bond acceptors (Lipinski definition) is 5. The minimum Gasteiger partial charge on any atom is -0.532 e. The van der Waals surface area contributed by atoms with Gasteiger partial charge in [0.1, 0.15) is 16.9 Å². The van der Waals surface area contributed by atoms with Crippen molar-refractivity contribution < 1.29 is 23.0 Å². The lowest BCUT2D eigenvalue weighted by Crippen LogP contribution is -2.41. The van der Waals surface area contributed by atoms with Crippen molar-refractivity contribution in [3.05, 3.63) is 24.5 Å². The third-order valence-electron chi connectivity index (χ3n) is 4.69. The molecule has 1 aromatic heterocycles. The predicted molar refractivity (Wildman–Crippen MR) is 85.2 cm³/mol. The third-order valence-corrected chi connectivity index (χ3v) is 4.69. The van der Waals surface area contributed by atoms with Crippen molar-refractivity contribution in [2.45, 2.75) is 58.3 Å². The molecule has 0 spiro atoms. The zero-order chi connectivity index (χ0) is 16.3. The van der Waals surface area contributed by atoms with E-state index in [-0.39, 0.29) is 0 Å². The zero-order valence-electron chi connectivity index (χ0n) is 14.1. The van der Waals surface area contributed by atoms with E-state index in [9.17, 15) is 0 Å². The summed E-state index contributed by atoms with van der Waals surface area (Å²) in [7, 11) is -1.12. The van der Waals surface area contributed by atoms with Crippen molar-refractivity contribution in [1.82, 2.24) is 0 Å². The number of rotatable bonds is 2. The van der Waals surface area contributed by atoms with E-state index in [1.54, 1.807) is 0 Å². The first-order valence-electron chi connectivity index (χ1n) is 7.51. The van der Waals surface area contributed by atoms with Crippen LogP contribution in [0.25, 0.3) is 0 Å². The van der Waals surface area contributed by atoms with Gasteiger partial charge in [-0.2, -0.15) is 0 Å². The summed E-state index contributed by atoms with van der Waals surface area (Å²) in [5.41, 5.74) is -0.141. The molecule has 0 radical (unpaired) electrons. The summed E-state index contributed by atoms with van der Waals surface area (Å²) in [6.07, 6.45) is 0. The van der Waals surface area contributed by atoms with E-state index in [0.29, 0.717) is 17.1 Å². The summed E-state index contributed by atoms with van der Waals surface area (Å²) in [6, 6.07) is 3.65. The Kier molecular flexibility index (Phi) is 3.33. The monoisotopic (exact) mass is 304 g/mol. The van der Waals surface area contributed by atoms with Crippen LogP contribution in [0.2, 0.25) is 0 Å². The minimum atomic E-state index is -0.585. The van der Waals surface area contributed by atoms with Gasteiger partial charge in [0.05, 0.1) is 17.0 Å². The summed E-state index contributed by atoms with van der Waals surface area (Å²) in [5, 5.41) is 0. The van der Waals surface area contributed by atoms with Gasteiger partial charge in [-0.05, 0) is 53.7 Å². The van der Waals surface area contributed by atoms with Gasteiger partial charge in [-0.15, -0.1) is 0 Å². The van der Waals surface area contributed by atoms with Crippen molar-refractivity contribution in [2.24, 2.45) is 0 Å². The van der Waals surface area contributed by atoms with Gasteiger partial charge in [-0.1, -0.05) is 6.58 Å². The van der Waals surface area contributed by atoms with E-state index in [0.717, 1.165) is 0 Å². The lowest BCUT2D eigenvalue weighted by Gasteiger charge is -2.32. The van der Waals surface area contributed by atoms with Gasteiger partial charge in [0, 0.05) is 0 Å². The smallest absolute Gasteiger partial charge is 0.532 e. The second-order valence-electron chi connectivity index (χ2n) is 7.33. The summed E-state index contributed by atoms with van der Waals surface area (Å²) in [6.45, 7) is 15.7. The third kappa shape index (κ3) is 2.41. The van der Waals surface area contributed by atoms with Gasteiger partial charge in [-0.3, -0.25) is 0 Å². The summed E-state index contributed by atoms with van der Waals surface area (Å²) in [4.78, 5) is 0. The van der Waals surface area contributed by atoms with Crippen LogP contribution in [0, 0.1) is 0 Å². The van der Waals surface area contributed by atoms with E-state index in [1.165, 1.54) is 0 Å². The van der Waals surface area contributed by atoms with E-state index in [2.05, 4.69) is 6.58 Å². The lowest BCUT2D eigenvalue weighted by atomic mass is 9.86. The van der Waals surface area contributed by atoms with Crippen LogP contribution in [0.4, 0.5) is 0 Å². The summed E-state index contributed by atoms with van der Waals surface area (Å²) >= 11 is 0. The molecular weight excluding hydrogens is 282 g/mol. The molecule has 0 aromatic carbocycles. The van der Waals surface area contributed by atoms with Crippen LogP contribution in [-0.2, 0) is 18.6 Å². The molecule has 2 aliphatic rings. The first-order valence-corrected chi connectivity index (χ1v) is 7.51. The van der Waals surface area contributed by atoms with Crippen LogP contribution in [0.5, 0.6) is 0 Å². The molecule has 2 aliphatic heterocycles. The van der Waals surface area contributed by atoms with Crippen molar-refractivity contribution in [1.29, 1.82) is 0 Å². The van der Waals surface area contributed by atoms with Crippen molar-refractivity contribution in [2.75, 3.05) is 0 Å². The Hall–Kier alpha value is -1.17. The van der Waals surface area contributed by atoms with Crippen molar-refractivity contribution >= 4 is 25.6 Å². The molecule has 0 saturated carbocycles. The molecule has 0 N–H and O–H groups in total. The molecule has 0 aliphatic carbocycles. The van der Waals surface area contributed by atoms with E-state index < -0.39 is 31.0 Å². The van der Waals surface area contributed by atoms with Crippen molar-refractivity contribution in [3.63, 3.8) is 0 Å². The van der Waals surface area contributed by atoms with Gasteiger partial charge in [-0.25, -0.2) is 0 Å². The highest BCUT2D eigenvalue weighted by molar-refractivity contribution is 6.63. The second-order valence-corrected chi connectivity index (χ2v) is 7.33. The maximum absolute atomic E-state index is 5.97. The Bertz CT molecular complexity index is 589. The largest absolute Gasteiger partial charge is 0.601 e. The molecule has 22 heavy (non-hydrogen) atoms. The van der Waals surface area contributed by atoms with Crippen LogP contribution in [0.15, 0.2) is 28.9 Å². The maximum Gasteiger partial charge on any atom is 0.601 e. The van der Waals surface area contributed by atoms with Gasteiger partial charge in [0.25, 0.3) is 0 Å². The molecule has 3 heterocycles. The fourth-order valence-electron chi connectivity index (χ4n) is 2.33. The number of hydrogen-bond donors (Lipinski definition) is 0. The molecular formula is C15H22B2O5. The van der Waals surface area contributed by atoms with E-state index >= 15 is 0 Å². The summed E-state index contributed by atoms with van der Waals surface area (Å²) in [5.74, 6) is 0.589. The molecule has 0 unspecified atom stereocenters. The fraction of sp³-hybridized carbons (Fsp3) is 0.600. The molecule has 1 aromatic rings. The molecule has 0 atom stereocenters. The van der Waals surface area contributed by atoms with Gasteiger partial charge >= 0.3 is 14.2 Å². The van der Waals surface area contributed by atoms with Crippen LogP contribution >= 0.6 is 0 Å². The molecule has 2 saturated heterocycles. The number of furan rings is 1. The zero-order valence-corrected chi connectivity index (χ0v) is 14.1. The first kappa shape index (κ1) is 15.7. The normalized spacial score (nSPS) is 25.6. The fourth-order valence-corrected chi connectivity index (χ4v) is 2.33. The average Bonchev–Trinajstić information content (AvgIpc) is 2.98. The van der Waals surface area contributed by atoms with Crippen LogP contribution in [0.3, 0.4) is 0 Å². The molecule has 2 fully saturated rings. The molecule has 3 rings (SSSR count). The van der Waals surface area contributed by atoms with E-state index in [1.807, 2.05) is 53.7 Å². The Morgan fingerprint density at radius 1 is 0.818 bits per heavy atom. The average molecular weight is 304 g/mol. The highest BCUT2D eigenvalue weighted by Crippen LogP contribution is 2.36. The second kappa shape index (κ2) is 4.66. The van der Waals surface area contributed by atoms with E-state index in [4.69, 9.17) is 23.0 Å². The van der Waals surface area contributed by atoms with Gasteiger partial charge < -0.3 is 23.0 Å². The van der Waals surface area contributed by atoms with Gasteiger partial charge in [0.2, 0.25) is 0 Å². The quantitative estimate of drug-likeness (QED) is 0.777. The minimum absolute atomic E-state index is 0.402. The Morgan fingerprint density at radius 3 is 1.77 bits per heavy atom. The first-order chi connectivity index (χ1) is 10.0. The topological polar surface area (TPSA) is 50.1 Å². The standard InChI is InChI=1S/C15H22B2O5/c1-10-13(2,3)20-16(19-10)11-8-9-12(18-11)17-21-14(4,5)15(6,7)22-17/h8-9H,1H2,2-7H3.